The number of halogens is 1. The van der Waals surface area contributed by atoms with E-state index in [1.165, 1.54) is 0 Å². The van der Waals surface area contributed by atoms with Gasteiger partial charge in [0.05, 0.1) is 11.9 Å². The third-order valence-corrected chi connectivity index (χ3v) is 2.37. The van der Waals surface area contributed by atoms with E-state index in [2.05, 4.69) is 9.97 Å². The smallest absolute Gasteiger partial charge is 0.0888 e. The second kappa shape index (κ2) is 4.38. The zero-order chi connectivity index (χ0) is 10.7. The molecule has 0 amide bonds. The first kappa shape index (κ1) is 10.1. The quantitative estimate of drug-likeness (QED) is 0.843. The lowest BCUT2D eigenvalue weighted by atomic mass is 10.1. The Bertz CT molecular complexity index is 457. The van der Waals surface area contributed by atoms with Crippen LogP contribution in [0.3, 0.4) is 0 Å². The monoisotopic (exact) mass is 219 g/mol. The largest absolute Gasteiger partial charge is 0.326 e. The van der Waals surface area contributed by atoms with E-state index < -0.39 is 0 Å². The van der Waals surface area contributed by atoms with Crippen molar-refractivity contribution >= 4 is 11.6 Å². The minimum Gasteiger partial charge on any atom is -0.326 e. The molecule has 2 rings (SSSR count). The van der Waals surface area contributed by atoms with Crippen LogP contribution in [-0.2, 0) is 6.54 Å². The summed E-state index contributed by atoms with van der Waals surface area (Å²) < 4.78 is 0. The van der Waals surface area contributed by atoms with Crippen molar-refractivity contribution in [3.8, 4) is 11.3 Å². The van der Waals surface area contributed by atoms with Gasteiger partial charge in [0, 0.05) is 29.5 Å². The predicted octanol–water partition coefficient (Wildman–Crippen LogP) is 2.26. The molecule has 0 radical (unpaired) electrons. The standard InChI is InChI=1S/C11H10ClN3/c12-9-2-1-8(6-13)10(5-9)11-7-14-3-4-15-11/h1-5,7H,6,13H2. The molecule has 15 heavy (non-hydrogen) atoms. The minimum atomic E-state index is 0.461. The van der Waals surface area contributed by atoms with Crippen LogP contribution in [0.1, 0.15) is 5.56 Å². The molecule has 0 aliphatic carbocycles. The van der Waals surface area contributed by atoms with Gasteiger partial charge < -0.3 is 5.73 Å². The van der Waals surface area contributed by atoms with E-state index in [1.807, 2.05) is 18.2 Å². The van der Waals surface area contributed by atoms with E-state index in [-0.39, 0.29) is 0 Å². The van der Waals surface area contributed by atoms with Gasteiger partial charge in [-0.3, -0.25) is 9.97 Å². The number of nitrogens with two attached hydrogens (primary N) is 1. The Kier molecular flexibility index (Phi) is 2.94. The van der Waals surface area contributed by atoms with Crippen LogP contribution in [0.25, 0.3) is 11.3 Å². The zero-order valence-electron chi connectivity index (χ0n) is 8.02. The van der Waals surface area contributed by atoms with Crippen LogP contribution in [0, 0.1) is 0 Å². The fraction of sp³-hybridized carbons (Fsp3) is 0.0909. The van der Waals surface area contributed by atoms with Crippen molar-refractivity contribution in [2.45, 2.75) is 6.54 Å². The van der Waals surface area contributed by atoms with Crippen LogP contribution in [0.2, 0.25) is 5.02 Å². The average molecular weight is 220 g/mol. The van der Waals surface area contributed by atoms with E-state index in [4.69, 9.17) is 17.3 Å². The van der Waals surface area contributed by atoms with Crippen LogP contribution < -0.4 is 5.73 Å². The number of benzene rings is 1. The predicted molar refractivity (Wildman–Crippen MR) is 60.4 cm³/mol. The van der Waals surface area contributed by atoms with Gasteiger partial charge in [-0.25, -0.2) is 0 Å². The molecule has 1 aromatic heterocycles. The van der Waals surface area contributed by atoms with Gasteiger partial charge in [0.15, 0.2) is 0 Å². The lowest BCUT2D eigenvalue weighted by Crippen LogP contribution is -1.99. The summed E-state index contributed by atoms with van der Waals surface area (Å²) in [5.41, 5.74) is 8.40. The second-order valence-corrected chi connectivity index (χ2v) is 3.53. The Morgan fingerprint density at radius 2 is 2.13 bits per heavy atom. The van der Waals surface area contributed by atoms with Crippen LogP contribution in [0.4, 0.5) is 0 Å². The van der Waals surface area contributed by atoms with Gasteiger partial charge in [-0.05, 0) is 17.7 Å². The first-order valence-corrected chi connectivity index (χ1v) is 4.94. The molecule has 2 aromatic rings. The Hall–Kier alpha value is -1.45. The molecule has 0 unspecified atom stereocenters. The highest BCUT2D eigenvalue weighted by Gasteiger charge is 2.05. The minimum absolute atomic E-state index is 0.461. The summed E-state index contributed by atoms with van der Waals surface area (Å²) in [5, 5.41) is 0.674. The number of hydrogen-bond acceptors (Lipinski definition) is 3. The van der Waals surface area contributed by atoms with Crippen LogP contribution in [-0.4, -0.2) is 9.97 Å². The molecule has 0 aliphatic heterocycles. The number of rotatable bonds is 2. The van der Waals surface area contributed by atoms with Gasteiger partial charge in [-0.1, -0.05) is 17.7 Å². The molecule has 0 saturated carbocycles. The van der Waals surface area contributed by atoms with E-state index in [9.17, 15) is 0 Å². The summed E-state index contributed by atoms with van der Waals surface area (Å²) >= 11 is 5.93. The highest BCUT2D eigenvalue weighted by atomic mass is 35.5. The number of hydrogen-bond donors (Lipinski definition) is 1. The topological polar surface area (TPSA) is 51.8 Å². The Morgan fingerprint density at radius 3 is 2.80 bits per heavy atom. The highest BCUT2D eigenvalue weighted by molar-refractivity contribution is 6.30. The summed E-state index contributed by atoms with van der Waals surface area (Å²) in [6.07, 6.45) is 4.98. The van der Waals surface area contributed by atoms with Gasteiger partial charge in [-0.2, -0.15) is 0 Å². The summed E-state index contributed by atoms with van der Waals surface area (Å²) in [5.74, 6) is 0. The summed E-state index contributed by atoms with van der Waals surface area (Å²) in [7, 11) is 0. The normalized spacial score (nSPS) is 10.3. The Morgan fingerprint density at radius 1 is 1.27 bits per heavy atom. The first-order chi connectivity index (χ1) is 7.31. The fourth-order valence-electron chi connectivity index (χ4n) is 1.40. The first-order valence-electron chi connectivity index (χ1n) is 4.56. The van der Waals surface area contributed by atoms with E-state index in [0.717, 1.165) is 16.8 Å². The molecule has 0 fully saturated rings. The summed E-state index contributed by atoms with van der Waals surface area (Å²) in [6, 6.07) is 5.59. The third-order valence-electron chi connectivity index (χ3n) is 2.13. The maximum atomic E-state index is 5.93. The SMILES string of the molecule is NCc1ccc(Cl)cc1-c1cnccn1. The molecule has 0 atom stereocenters. The molecule has 76 valence electrons. The summed E-state index contributed by atoms with van der Waals surface area (Å²) in [4.78, 5) is 8.24. The average Bonchev–Trinajstić information content (AvgIpc) is 2.30. The molecule has 1 heterocycles. The van der Waals surface area contributed by atoms with Crippen LogP contribution >= 0.6 is 11.6 Å². The van der Waals surface area contributed by atoms with Crippen molar-refractivity contribution in [2.24, 2.45) is 5.73 Å². The molecular weight excluding hydrogens is 210 g/mol. The highest BCUT2D eigenvalue weighted by Crippen LogP contribution is 2.24. The number of aromatic nitrogens is 2. The van der Waals surface area contributed by atoms with Gasteiger partial charge in [-0.15, -0.1) is 0 Å². The van der Waals surface area contributed by atoms with Crippen molar-refractivity contribution in [1.82, 2.24) is 9.97 Å². The van der Waals surface area contributed by atoms with Gasteiger partial charge in [0.1, 0.15) is 0 Å². The van der Waals surface area contributed by atoms with E-state index >= 15 is 0 Å². The fourth-order valence-corrected chi connectivity index (χ4v) is 1.58. The van der Waals surface area contributed by atoms with E-state index in [0.29, 0.717) is 11.6 Å². The molecule has 3 nitrogen and oxygen atoms in total. The molecule has 2 N–H and O–H groups in total. The molecule has 0 aliphatic rings. The second-order valence-electron chi connectivity index (χ2n) is 3.10. The van der Waals surface area contributed by atoms with Crippen LogP contribution in [0.5, 0.6) is 0 Å². The zero-order valence-corrected chi connectivity index (χ0v) is 8.78. The Labute approximate surface area is 92.9 Å². The molecule has 0 spiro atoms. The maximum absolute atomic E-state index is 5.93. The van der Waals surface area contributed by atoms with Crippen molar-refractivity contribution in [2.75, 3.05) is 0 Å². The molecular formula is C11H10ClN3. The van der Waals surface area contributed by atoms with Gasteiger partial charge >= 0.3 is 0 Å². The third kappa shape index (κ3) is 2.14. The van der Waals surface area contributed by atoms with Crippen molar-refractivity contribution in [3.05, 3.63) is 47.4 Å². The molecule has 1 aromatic carbocycles. The Balaban J connectivity index is 2.56. The van der Waals surface area contributed by atoms with Crippen LogP contribution in [0.15, 0.2) is 36.8 Å². The molecule has 4 heteroatoms. The van der Waals surface area contributed by atoms with Crippen molar-refractivity contribution < 1.29 is 0 Å². The lowest BCUT2D eigenvalue weighted by molar-refractivity contribution is 1.07. The van der Waals surface area contributed by atoms with Gasteiger partial charge in [0.25, 0.3) is 0 Å². The van der Waals surface area contributed by atoms with Crippen molar-refractivity contribution in [1.29, 1.82) is 0 Å². The van der Waals surface area contributed by atoms with E-state index in [1.54, 1.807) is 18.6 Å². The number of nitrogens with zero attached hydrogens (tertiary/aromatic N) is 2. The van der Waals surface area contributed by atoms with Crippen molar-refractivity contribution in [3.63, 3.8) is 0 Å². The summed E-state index contributed by atoms with van der Waals surface area (Å²) in [6.45, 7) is 0.461. The maximum Gasteiger partial charge on any atom is 0.0888 e. The molecule has 0 bridgehead atoms. The van der Waals surface area contributed by atoms with Gasteiger partial charge in [0.2, 0.25) is 0 Å². The lowest BCUT2D eigenvalue weighted by Gasteiger charge is -2.06. The molecule has 0 saturated heterocycles.